The average Bonchev–Trinajstić information content (AvgIpc) is 2.95. The van der Waals surface area contributed by atoms with E-state index >= 15 is 0 Å². The van der Waals surface area contributed by atoms with Crippen LogP contribution in [0.25, 0.3) is 10.8 Å². The second-order valence-corrected chi connectivity index (χ2v) is 11.2. The van der Waals surface area contributed by atoms with Gasteiger partial charge in [0.05, 0.1) is 22.8 Å². The predicted octanol–water partition coefficient (Wildman–Crippen LogP) is 4.38. The van der Waals surface area contributed by atoms with Crippen LogP contribution in [0.1, 0.15) is 30.5 Å². The van der Waals surface area contributed by atoms with Crippen LogP contribution in [0.3, 0.4) is 0 Å². The Balaban J connectivity index is 1.32. The third-order valence-electron chi connectivity index (χ3n) is 8.21. The topological polar surface area (TPSA) is 87.8 Å². The number of nitrogens with zero attached hydrogens (tertiary/aromatic N) is 5. The fourth-order valence-corrected chi connectivity index (χ4v) is 6.02. The molecule has 1 saturated heterocycles. The zero-order valence-electron chi connectivity index (χ0n) is 22.1. The molecule has 40 heavy (non-hydrogen) atoms. The van der Waals surface area contributed by atoms with Crippen LogP contribution in [0.2, 0.25) is 5.02 Å². The Kier molecular flexibility index (Phi) is 7.00. The van der Waals surface area contributed by atoms with Crippen LogP contribution in [0, 0.1) is 5.82 Å². The Bertz CT molecular complexity index is 1490. The summed E-state index contributed by atoms with van der Waals surface area (Å²) in [6.45, 7) is 6.27. The Hall–Kier alpha value is -3.50. The molecule has 8 nitrogen and oxygen atoms in total. The number of nitrogens with two attached hydrogens (primary N) is 1. The number of aromatic nitrogens is 2. The third kappa shape index (κ3) is 4.94. The molecule has 0 atom stereocenters. The number of hydrogen-bond donors (Lipinski definition) is 1. The Labute approximate surface area is 236 Å². The smallest absolute Gasteiger partial charge is 0.318 e. The minimum atomic E-state index is -0.955. The summed E-state index contributed by atoms with van der Waals surface area (Å²) in [7, 11) is 0. The van der Waals surface area contributed by atoms with E-state index in [-0.39, 0.29) is 16.6 Å². The normalized spacial score (nSPS) is 18.4. The molecule has 3 aromatic rings. The maximum atomic E-state index is 14.4. The molecular formula is C29H31ClF2N6O2. The highest BCUT2D eigenvalue weighted by Crippen LogP contribution is 2.38. The molecule has 1 amide bonds. The number of amides is 1. The molecule has 3 heterocycles. The highest BCUT2D eigenvalue weighted by Gasteiger charge is 2.35. The van der Waals surface area contributed by atoms with Crippen molar-refractivity contribution in [2.24, 2.45) is 5.73 Å². The van der Waals surface area contributed by atoms with E-state index in [1.54, 1.807) is 6.07 Å². The van der Waals surface area contributed by atoms with Gasteiger partial charge in [0.2, 0.25) is 0 Å². The number of piperazine rings is 1. The van der Waals surface area contributed by atoms with Crippen molar-refractivity contribution < 1.29 is 18.3 Å². The van der Waals surface area contributed by atoms with Crippen LogP contribution < -0.4 is 20.3 Å². The van der Waals surface area contributed by atoms with Crippen molar-refractivity contribution in [1.29, 1.82) is 0 Å². The van der Waals surface area contributed by atoms with E-state index in [1.807, 2.05) is 18.2 Å². The van der Waals surface area contributed by atoms with Gasteiger partial charge in [0.1, 0.15) is 18.2 Å². The molecule has 0 unspecified atom stereocenters. The summed E-state index contributed by atoms with van der Waals surface area (Å²) < 4.78 is 33.9. The highest BCUT2D eigenvalue weighted by molar-refractivity contribution is 6.36. The van der Waals surface area contributed by atoms with Crippen molar-refractivity contribution in [3.8, 4) is 6.01 Å². The first kappa shape index (κ1) is 26.7. The monoisotopic (exact) mass is 568 g/mol. The van der Waals surface area contributed by atoms with Gasteiger partial charge in [0.25, 0.3) is 5.91 Å². The van der Waals surface area contributed by atoms with Gasteiger partial charge in [-0.25, -0.2) is 8.78 Å². The number of carbonyl (C=O) groups is 1. The molecule has 3 aliphatic rings. The van der Waals surface area contributed by atoms with E-state index in [0.717, 1.165) is 47.4 Å². The van der Waals surface area contributed by atoms with Crippen LogP contribution in [0.4, 0.5) is 20.3 Å². The van der Waals surface area contributed by atoms with E-state index in [1.165, 1.54) is 11.0 Å². The fourth-order valence-electron chi connectivity index (χ4n) is 5.75. The molecule has 210 valence electrons. The van der Waals surface area contributed by atoms with Gasteiger partial charge in [0, 0.05) is 49.4 Å². The number of anilines is 2. The number of ether oxygens (including phenoxy) is 1. The minimum absolute atomic E-state index is 0.100. The lowest BCUT2D eigenvalue weighted by molar-refractivity contribution is -0.128. The summed E-state index contributed by atoms with van der Waals surface area (Å²) in [5.74, 6) is -1.33. The highest BCUT2D eigenvalue weighted by atomic mass is 35.5. The molecule has 0 radical (unpaired) electrons. The standard InChI is InChI=1S/C29H31ClF2N6O2/c1-18(31)27(39)37-14-12-36(13-15-37)26-20-8-11-38(23-5-2-4-19-6-7-21(32)25(30)24(19)23)16-22(20)34-28(35-26)40-17-29(33)9-3-10-29/h2,4-7H,1,3,8-17,33H2. The second kappa shape index (κ2) is 10.5. The first-order valence-electron chi connectivity index (χ1n) is 13.5. The van der Waals surface area contributed by atoms with Crippen molar-refractivity contribution in [3.63, 3.8) is 0 Å². The maximum absolute atomic E-state index is 14.4. The van der Waals surface area contributed by atoms with E-state index in [0.29, 0.717) is 57.7 Å². The van der Waals surface area contributed by atoms with Crippen molar-refractivity contribution in [1.82, 2.24) is 14.9 Å². The van der Waals surface area contributed by atoms with Crippen molar-refractivity contribution in [2.75, 3.05) is 49.1 Å². The van der Waals surface area contributed by atoms with Gasteiger partial charge in [-0.05, 0) is 43.2 Å². The van der Waals surface area contributed by atoms with Crippen LogP contribution in [0.5, 0.6) is 6.01 Å². The van der Waals surface area contributed by atoms with Gasteiger partial charge in [0.15, 0.2) is 5.83 Å². The quantitative estimate of drug-likeness (QED) is 0.442. The van der Waals surface area contributed by atoms with Crippen LogP contribution in [0.15, 0.2) is 42.7 Å². The Morgan fingerprint density at radius 3 is 2.58 bits per heavy atom. The summed E-state index contributed by atoms with van der Waals surface area (Å²) in [4.78, 5) is 27.4. The van der Waals surface area contributed by atoms with Crippen molar-refractivity contribution in [2.45, 2.75) is 37.8 Å². The summed E-state index contributed by atoms with van der Waals surface area (Å²) >= 11 is 6.44. The van der Waals surface area contributed by atoms with Crippen LogP contribution >= 0.6 is 11.6 Å². The predicted molar refractivity (Wildman–Crippen MR) is 151 cm³/mol. The summed E-state index contributed by atoms with van der Waals surface area (Å²) in [6.07, 6.45) is 3.52. The molecule has 2 N–H and O–H groups in total. The number of halogens is 3. The largest absolute Gasteiger partial charge is 0.461 e. The number of hydrogen-bond acceptors (Lipinski definition) is 7. The molecule has 6 rings (SSSR count). The van der Waals surface area contributed by atoms with Crippen molar-refractivity contribution in [3.05, 3.63) is 64.8 Å². The molecule has 0 bridgehead atoms. The van der Waals surface area contributed by atoms with E-state index < -0.39 is 17.6 Å². The molecule has 11 heteroatoms. The van der Waals surface area contributed by atoms with Gasteiger partial charge < -0.3 is 25.2 Å². The Morgan fingerprint density at radius 2 is 1.88 bits per heavy atom. The lowest BCUT2D eigenvalue weighted by atomic mass is 9.78. The summed E-state index contributed by atoms with van der Waals surface area (Å²) in [5.41, 5.74) is 8.68. The average molecular weight is 569 g/mol. The molecular weight excluding hydrogens is 538 g/mol. The van der Waals surface area contributed by atoms with Gasteiger partial charge in [-0.3, -0.25) is 4.79 Å². The molecule has 1 saturated carbocycles. The van der Waals surface area contributed by atoms with Gasteiger partial charge in [-0.2, -0.15) is 9.97 Å². The van der Waals surface area contributed by atoms with Gasteiger partial charge >= 0.3 is 6.01 Å². The zero-order valence-corrected chi connectivity index (χ0v) is 22.9. The number of rotatable bonds is 6. The molecule has 1 aliphatic carbocycles. The van der Waals surface area contributed by atoms with E-state index in [2.05, 4.69) is 16.4 Å². The zero-order chi connectivity index (χ0) is 28.0. The first-order chi connectivity index (χ1) is 19.2. The summed E-state index contributed by atoms with van der Waals surface area (Å²) in [6, 6.07) is 9.17. The maximum Gasteiger partial charge on any atom is 0.318 e. The lowest BCUT2D eigenvalue weighted by Crippen LogP contribution is -2.51. The third-order valence-corrected chi connectivity index (χ3v) is 8.58. The molecule has 1 aromatic heterocycles. The molecule has 2 aromatic carbocycles. The number of benzene rings is 2. The van der Waals surface area contributed by atoms with Crippen LogP contribution in [-0.2, 0) is 17.8 Å². The van der Waals surface area contributed by atoms with Crippen LogP contribution in [-0.4, -0.2) is 65.6 Å². The first-order valence-corrected chi connectivity index (χ1v) is 13.9. The van der Waals surface area contributed by atoms with E-state index in [4.69, 9.17) is 32.0 Å². The fraction of sp³-hybridized carbons (Fsp3) is 0.414. The molecule has 0 spiro atoms. The lowest BCUT2D eigenvalue weighted by Gasteiger charge is -2.39. The molecule has 2 fully saturated rings. The minimum Gasteiger partial charge on any atom is -0.461 e. The SMILES string of the molecule is C=C(F)C(=O)N1CCN(c2nc(OCC3(N)CCC3)nc3c2CCN(c2cccc4ccc(F)c(Cl)c24)C3)CC1. The number of fused-ring (bicyclic) bond motifs is 2. The summed E-state index contributed by atoms with van der Waals surface area (Å²) in [5, 5.41) is 1.63. The Morgan fingerprint density at radius 1 is 1.10 bits per heavy atom. The molecule has 2 aliphatic heterocycles. The second-order valence-electron chi connectivity index (χ2n) is 10.9. The van der Waals surface area contributed by atoms with Gasteiger partial charge in [-0.15, -0.1) is 0 Å². The van der Waals surface area contributed by atoms with Crippen molar-refractivity contribution >= 4 is 39.8 Å². The van der Waals surface area contributed by atoms with Gasteiger partial charge in [-0.1, -0.05) is 36.4 Å². The number of carbonyl (C=O) groups excluding carboxylic acids is 1. The van der Waals surface area contributed by atoms with E-state index in [9.17, 15) is 13.6 Å².